The third kappa shape index (κ3) is 1.35. The van der Waals surface area contributed by atoms with Crippen LogP contribution in [0.2, 0.25) is 0 Å². The fourth-order valence-corrected chi connectivity index (χ4v) is 2.56. The Labute approximate surface area is 101 Å². The largest absolute Gasteiger partial charge is 0.277 e. The molecule has 0 fully saturated rings. The van der Waals surface area contributed by atoms with Crippen LogP contribution in [0, 0.1) is 20.2 Å². The van der Waals surface area contributed by atoms with Gasteiger partial charge in [0.05, 0.1) is 15.2 Å². The Morgan fingerprint density at radius 2 is 1.67 bits per heavy atom. The van der Waals surface area contributed by atoms with Crippen molar-refractivity contribution in [2.45, 2.75) is 12.8 Å². The van der Waals surface area contributed by atoms with Gasteiger partial charge in [-0.3, -0.25) is 20.2 Å². The fourth-order valence-electron chi connectivity index (χ4n) is 2.56. The van der Waals surface area contributed by atoms with Crippen molar-refractivity contribution < 1.29 is 9.85 Å². The van der Waals surface area contributed by atoms with E-state index in [0.717, 1.165) is 22.9 Å². The lowest BCUT2D eigenvalue weighted by Gasteiger charge is -2.03. The normalized spacial score (nSPS) is 12.9. The van der Waals surface area contributed by atoms with E-state index in [-0.39, 0.29) is 11.4 Å². The molecule has 0 amide bonds. The van der Waals surface area contributed by atoms with Crippen LogP contribution >= 0.6 is 0 Å². The van der Waals surface area contributed by atoms with Crippen molar-refractivity contribution in [1.82, 2.24) is 0 Å². The van der Waals surface area contributed by atoms with Gasteiger partial charge in [-0.2, -0.15) is 0 Å². The standard InChI is InChI=1S/C12H8N2O4/c15-13(16)9-5-8-2-1-7-3-4-11(14(17)18)10(6-9)12(7)8/h3-6H,1-2H2. The van der Waals surface area contributed by atoms with Crippen molar-refractivity contribution in [3.63, 3.8) is 0 Å². The Bertz CT molecular complexity index is 709. The van der Waals surface area contributed by atoms with Crippen LogP contribution in [-0.2, 0) is 12.8 Å². The second-order valence-electron chi connectivity index (χ2n) is 4.29. The average molecular weight is 244 g/mol. The maximum absolute atomic E-state index is 11.0. The topological polar surface area (TPSA) is 86.3 Å². The van der Waals surface area contributed by atoms with E-state index in [1.165, 1.54) is 18.2 Å². The third-order valence-electron chi connectivity index (χ3n) is 3.32. The molecule has 0 N–H and O–H groups in total. The molecule has 90 valence electrons. The molecule has 2 aromatic carbocycles. The zero-order chi connectivity index (χ0) is 12.9. The first-order valence-electron chi connectivity index (χ1n) is 5.45. The van der Waals surface area contributed by atoms with Crippen molar-refractivity contribution >= 4 is 22.1 Å². The quantitative estimate of drug-likeness (QED) is 0.600. The summed E-state index contributed by atoms with van der Waals surface area (Å²) in [5, 5.41) is 23.0. The first-order chi connectivity index (χ1) is 8.58. The van der Waals surface area contributed by atoms with Crippen LogP contribution in [0.15, 0.2) is 24.3 Å². The van der Waals surface area contributed by atoms with Crippen molar-refractivity contribution in [2.75, 3.05) is 0 Å². The molecule has 3 rings (SSSR count). The van der Waals surface area contributed by atoms with E-state index in [0.29, 0.717) is 11.8 Å². The molecule has 0 unspecified atom stereocenters. The molecule has 0 saturated heterocycles. The highest BCUT2D eigenvalue weighted by Crippen LogP contribution is 2.38. The Balaban J connectivity index is 2.45. The summed E-state index contributed by atoms with van der Waals surface area (Å²) in [6, 6.07) is 5.98. The van der Waals surface area contributed by atoms with E-state index >= 15 is 0 Å². The summed E-state index contributed by atoms with van der Waals surface area (Å²) in [5.41, 5.74) is 1.71. The molecular weight excluding hydrogens is 236 g/mol. The summed E-state index contributed by atoms with van der Waals surface area (Å²) in [5.74, 6) is 0. The first-order valence-corrected chi connectivity index (χ1v) is 5.45. The lowest BCUT2D eigenvalue weighted by Crippen LogP contribution is -1.94. The summed E-state index contributed by atoms with van der Waals surface area (Å²) in [6.07, 6.45) is 1.49. The number of benzene rings is 2. The second kappa shape index (κ2) is 3.49. The van der Waals surface area contributed by atoms with E-state index < -0.39 is 9.85 Å². The van der Waals surface area contributed by atoms with Gasteiger partial charge in [0.1, 0.15) is 0 Å². The number of nitro groups is 2. The molecule has 2 aromatic rings. The Morgan fingerprint density at radius 3 is 2.33 bits per heavy atom. The lowest BCUT2D eigenvalue weighted by molar-refractivity contribution is -0.386. The molecular formula is C12H8N2O4. The highest BCUT2D eigenvalue weighted by molar-refractivity contribution is 5.98. The molecule has 6 nitrogen and oxygen atoms in total. The van der Waals surface area contributed by atoms with Crippen LogP contribution in [0.5, 0.6) is 0 Å². The molecule has 18 heavy (non-hydrogen) atoms. The van der Waals surface area contributed by atoms with Crippen LogP contribution in [-0.4, -0.2) is 9.85 Å². The zero-order valence-electron chi connectivity index (χ0n) is 9.25. The maximum Gasteiger partial charge on any atom is 0.277 e. The SMILES string of the molecule is O=[N+]([O-])c1cc2c3c(ccc([N+](=O)[O-])c3c1)CC2. The number of non-ortho nitro benzene ring substituents is 2. The predicted molar refractivity (Wildman–Crippen MR) is 64.7 cm³/mol. The summed E-state index contributed by atoms with van der Waals surface area (Å²) in [6.45, 7) is 0. The number of nitro benzene ring substituents is 2. The molecule has 0 aliphatic heterocycles. The highest BCUT2D eigenvalue weighted by atomic mass is 16.6. The molecule has 0 atom stereocenters. The second-order valence-corrected chi connectivity index (χ2v) is 4.29. The fraction of sp³-hybridized carbons (Fsp3) is 0.167. The number of rotatable bonds is 2. The predicted octanol–water partition coefficient (Wildman–Crippen LogP) is 2.75. The average Bonchev–Trinajstić information content (AvgIpc) is 2.74. The van der Waals surface area contributed by atoms with Gasteiger partial charge in [-0.15, -0.1) is 0 Å². The minimum Gasteiger partial charge on any atom is -0.258 e. The Hall–Kier alpha value is -2.50. The molecule has 0 heterocycles. The van der Waals surface area contributed by atoms with E-state index in [2.05, 4.69) is 0 Å². The van der Waals surface area contributed by atoms with Crippen LogP contribution in [0.25, 0.3) is 10.8 Å². The number of nitrogens with zero attached hydrogens (tertiary/aromatic N) is 2. The Kier molecular flexibility index (Phi) is 2.07. The summed E-state index contributed by atoms with van der Waals surface area (Å²) >= 11 is 0. The van der Waals surface area contributed by atoms with Gasteiger partial charge < -0.3 is 0 Å². The van der Waals surface area contributed by atoms with Gasteiger partial charge in [-0.1, -0.05) is 6.07 Å². The van der Waals surface area contributed by atoms with Crippen molar-refractivity contribution in [3.8, 4) is 0 Å². The molecule has 1 aliphatic rings. The molecule has 0 saturated carbocycles. The van der Waals surface area contributed by atoms with Gasteiger partial charge >= 0.3 is 0 Å². The zero-order valence-corrected chi connectivity index (χ0v) is 9.25. The van der Waals surface area contributed by atoms with Gasteiger partial charge in [0, 0.05) is 18.2 Å². The monoisotopic (exact) mass is 244 g/mol. The molecule has 0 radical (unpaired) electrons. The van der Waals surface area contributed by atoms with Crippen LogP contribution < -0.4 is 0 Å². The third-order valence-corrected chi connectivity index (χ3v) is 3.32. The smallest absolute Gasteiger partial charge is 0.258 e. The van der Waals surface area contributed by atoms with Gasteiger partial charge in [0.2, 0.25) is 0 Å². The molecule has 0 bridgehead atoms. The molecule has 6 heteroatoms. The van der Waals surface area contributed by atoms with Gasteiger partial charge in [-0.25, -0.2) is 0 Å². The number of hydrogen-bond acceptors (Lipinski definition) is 4. The summed E-state index contributed by atoms with van der Waals surface area (Å²) in [4.78, 5) is 20.8. The van der Waals surface area contributed by atoms with E-state index in [1.54, 1.807) is 6.07 Å². The number of hydrogen-bond donors (Lipinski definition) is 0. The summed E-state index contributed by atoms with van der Waals surface area (Å²) in [7, 11) is 0. The van der Waals surface area contributed by atoms with E-state index in [1.807, 2.05) is 0 Å². The van der Waals surface area contributed by atoms with Gasteiger partial charge in [-0.05, 0) is 29.4 Å². The minimum absolute atomic E-state index is 0.0689. The van der Waals surface area contributed by atoms with E-state index in [4.69, 9.17) is 0 Å². The van der Waals surface area contributed by atoms with Crippen molar-refractivity contribution in [1.29, 1.82) is 0 Å². The lowest BCUT2D eigenvalue weighted by atomic mass is 10.0. The van der Waals surface area contributed by atoms with Gasteiger partial charge in [0.25, 0.3) is 11.4 Å². The van der Waals surface area contributed by atoms with Crippen LogP contribution in [0.4, 0.5) is 11.4 Å². The highest BCUT2D eigenvalue weighted by Gasteiger charge is 2.24. The molecule has 1 aliphatic carbocycles. The van der Waals surface area contributed by atoms with Crippen LogP contribution in [0.3, 0.4) is 0 Å². The summed E-state index contributed by atoms with van der Waals surface area (Å²) < 4.78 is 0. The Morgan fingerprint density at radius 1 is 0.944 bits per heavy atom. The molecule has 0 spiro atoms. The maximum atomic E-state index is 11.0. The van der Waals surface area contributed by atoms with Crippen molar-refractivity contribution in [3.05, 3.63) is 55.6 Å². The van der Waals surface area contributed by atoms with Crippen molar-refractivity contribution in [2.24, 2.45) is 0 Å². The van der Waals surface area contributed by atoms with E-state index in [9.17, 15) is 20.2 Å². The number of aryl methyl sites for hydroxylation is 2. The van der Waals surface area contributed by atoms with Crippen LogP contribution in [0.1, 0.15) is 11.1 Å². The molecule has 0 aromatic heterocycles. The first kappa shape index (κ1) is 10.6. The minimum atomic E-state index is -0.509. The van der Waals surface area contributed by atoms with Gasteiger partial charge in [0.15, 0.2) is 0 Å².